The third kappa shape index (κ3) is 3.55. The van der Waals surface area contributed by atoms with Crippen LogP contribution >= 0.6 is 0 Å². The van der Waals surface area contributed by atoms with E-state index in [1.54, 1.807) is 4.57 Å². The SMILES string of the molecule is COc1cc(=O)n2c(c1C(=O)Nc1cc(F)cc(F)c1)CCCCC2. The summed E-state index contributed by atoms with van der Waals surface area (Å²) in [7, 11) is 1.38. The van der Waals surface area contributed by atoms with Gasteiger partial charge in [0.05, 0.1) is 7.11 Å². The van der Waals surface area contributed by atoms with Crippen molar-refractivity contribution in [2.45, 2.75) is 32.2 Å². The van der Waals surface area contributed by atoms with E-state index in [-0.39, 0.29) is 22.6 Å². The summed E-state index contributed by atoms with van der Waals surface area (Å²) in [5.41, 5.74) is 0.607. The van der Waals surface area contributed by atoms with Crippen LogP contribution in [0.5, 0.6) is 5.75 Å². The van der Waals surface area contributed by atoms with Crippen LogP contribution in [0.2, 0.25) is 0 Å². The summed E-state index contributed by atoms with van der Waals surface area (Å²) in [6, 6.07) is 4.06. The topological polar surface area (TPSA) is 60.3 Å². The molecule has 2 aromatic rings. The molecule has 25 heavy (non-hydrogen) atoms. The fourth-order valence-electron chi connectivity index (χ4n) is 3.14. The van der Waals surface area contributed by atoms with E-state index >= 15 is 0 Å². The number of ether oxygens (including phenoxy) is 1. The molecule has 2 heterocycles. The molecule has 1 aliphatic heterocycles. The van der Waals surface area contributed by atoms with Gasteiger partial charge in [-0.05, 0) is 31.4 Å². The van der Waals surface area contributed by atoms with Crippen molar-refractivity contribution >= 4 is 11.6 Å². The van der Waals surface area contributed by atoms with Crippen LogP contribution in [0.1, 0.15) is 35.3 Å². The Hall–Kier alpha value is -2.70. The van der Waals surface area contributed by atoms with E-state index in [4.69, 9.17) is 4.74 Å². The fourth-order valence-corrected chi connectivity index (χ4v) is 3.14. The minimum Gasteiger partial charge on any atom is -0.496 e. The number of pyridine rings is 1. The first-order chi connectivity index (χ1) is 12.0. The molecule has 0 bridgehead atoms. The molecule has 0 unspecified atom stereocenters. The third-order valence-corrected chi connectivity index (χ3v) is 4.24. The molecule has 0 atom stereocenters. The Balaban J connectivity index is 2.05. The number of hydrogen-bond donors (Lipinski definition) is 1. The van der Waals surface area contributed by atoms with Gasteiger partial charge in [-0.2, -0.15) is 0 Å². The van der Waals surface area contributed by atoms with Crippen molar-refractivity contribution in [3.63, 3.8) is 0 Å². The van der Waals surface area contributed by atoms with E-state index in [0.29, 0.717) is 18.7 Å². The number of halogens is 2. The van der Waals surface area contributed by atoms with Crippen molar-refractivity contribution in [2.75, 3.05) is 12.4 Å². The van der Waals surface area contributed by atoms with E-state index in [1.807, 2.05) is 0 Å². The second-order valence-corrected chi connectivity index (χ2v) is 5.95. The minimum absolute atomic E-state index is 0.00289. The molecule has 1 aliphatic rings. The Labute approximate surface area is 143 Å². The van der Waals surface area contributed by atoms with Gasteiger partial charge in [0.2, 0.25) is 0 Å². The maximum atomic E-state index is 13.3. The number of amides is 1. The van der Waals surface area contributed by atoms with Crippen LogP contribution in [0.25, 0.3) is 0 Å². The first-order valence-electron chi connectivity index (χ1n) is 8.07. The van der Waals surface area contributed by atoms with Crippen molar-refractivity contribution in [3.8, 4) is 5.75 Å². The maximum Gasteiger partial charge on any atom is 0.261 e. The average molecular weight is 348 g/mol. The zero-order valence-electron chi connectivity index (χ0n) is 13.8. The van der Waals surface area contributed by atoms with Crippen molar-refractivity contribution in [3.05, 3.63) is 57.5 Å². The summed E-state index contributed by atoms with van der Waals surface area (Å²) in [5.74, 6) is -1.98. The van der Waals surface area contributed by atoms with Gasteiger partial charge in [0.15, 0.2) is 0 Å². The molecule has 5 nitrogen and oxygen atoms in total. The number of aromatic nitrogens is 1. The number of rotatable bonds is 3. The highest BCUT2D eigenvalue weighted by Gasteiger charge is 2.23. The minimum atomic E-state index is -0.787. The molecule has 1 aromatic carbocycles. The molecule has 0 radical (unpaired) electrons. The number of anilines is 1. The predicted octanol–water partition coefficient (Wildman–Crippen LogP) is 3.11. The van der Waals surface area contributed by atoms with Gasteiger partial charge in [0, 0.05) is 30.1 Å². The summed E-state index contributed by atoms with van der Waals surface area (Å²) in [5, 5.41) is 2.49. The van der Waals surface area contributed by atoms with E-state index in [1.165, 1.54) is 13.2 Å². The molecule has 3 rings (SSSR count). The number of fused-ring (bicyclic) bond motifs is 1. The van der Waals surface area contributed by atoms with Gasteiger partial charge < -0.3 is 14.6 Å². The normalized spacial score (nSPS) is 13.7. The van der Waals surface area contributed by atoms with Crippen LogP contribution in [-0.2, 0) is 13.0 Å². The van der Waals surface area contributed by atoms with Gasteiger partial charge in [0.1, 0.15) is 22.9 Å². The van der Waals surface area contributed by atoms with Gasteiger partial charge in [0.25, 0.3) is 11.5 Å². The number of carbonyl (C=O) groups is 1. The van der Waals surface area contributed by atoms with Crippen molar-refractivity contribution in [2.24, 2.45) is 0 Å². The van der Waals surface area contributed by atoms with Crippen LogP contribution < -0.4 is 15.6 Å². The van der Waals surface area contributed by atoms with Crippen LogP contribution in [-0.4, -0.2) is 17.6 Å². The van der Waals surface area contributed by atoms with Gasteiger partial charge >= 0.3 is 0 Å². The molecule has 0 fully saturated rings. The molecule has 132 valence electrons. The van der Waals surface area contributed by atoms with Crippen molar-refractivity contribution in [1.82, 2.24) is 4.57 Å². The lowest BCUT2D eigenvalue weighted by Gasteiger charge is -2.17. The van der Waals surface area contributed by atoms with E-state index in [9.17, 15) is 18.4 Å². The fraction of sp³-hybridized carbons (Fsp3) is 0.333. The first kappa shape index (κ1) is 17.1. The van der Waals surface area contributed by atoms with Crippen molar-refractivity contribution < 1.29 is 18.3 Å². The van der Waals surface area contributed by atoms with E-state index < -0.39 is 17.5 Å². The van der Waals surface area contributed by atoms with Crippen LogP contribution in [0, 0.1) is 11.6 Å². The largest absolute Gasteiger partial charge is 0.496 e. The number of benzene rings is 1. The smallest absolute Gasteiger partial charge is 0.261 e. The summed E-state index contributed by atoms with van der Waals surface area (Å²) in [4.78, 5) is 25.0. The van der Waals surface area contributed by atoms with Gasteiger partial charge in [-0.1, -0.05) is 6.42 Å². The Morgan fingerprint density at radius 3 is 2.52 bits per heavy atom. The molecule has 1 N–H and O–H groups in total. The molecule has 0 saturated carbocycles. The number of nitrogens with zero attached hydrogens (tertiary/aromatic N) is 1. The quantitative estimate of drug-likeness (QED) is 0.927. The van der Waals surface area contributed by atoms with Gasteiger partial charge in [-0.3, -0.25) is 9.59 Å². The Bertz CT molecular complexity index is 857. The third-order valence-electron chi connectivity index (χ3n) is 4.24. The number of methoxy groups -OCH3 is 1. The molecule has 0 aliphatic carbocycles. The number of carbonyl (C=O) groups excluding carboxylic acids is 1. The van der Waals surface area contributed by atoms with Crippen LogP contribution in [0.15, 0.2) is 29.1 Å². The lowest BCUT2D eigenvalue weighted by atomic mass is 10.1. The van der Waals surface area contributed by atoms with Crippen LogP contribution in [0.3, 0.4) is 0 Å². The highest BCUT2D eigenvalue weighted by atomic mass is 19.1. The highest BCUT2D eigenvalue weighted by molar-refractivity contribution is 6.07. The Morgan fingerprint density at radius 1 is 1.12 bits per heavy atom. The highest BCUT2D eigenvalue weighted by Crippen LogP contribution is 2.26. The summed E-state index contributed by atoms with van der Waals surface area (Å²) < 4.78 is 33.5. The lowest BCUT2D eigenvalue weighted by molar-refractivity contribution is 0.102. The Kier molecular flexibility index (Phi) is 4.83. The molecule has 0 saturated heterocycles. The second kappa shape index (κ2) is 7.04. The molecular weight excluding hydrogens is 330 g/mol. The number of nitrogens with one attached hydrogen (secondary N) is 1. The zero-order chi connectivity index (χ0) is 18.0. The van der Waals surface area contributed by atoms with Crippen LogP contribution in [0.4, 0.5) is 14.5 Å². The maximum absolute atomic E-state index is 13.3. The summed E-state index contributed by atoms with van der Waals surface area (Å²) >= 11 is 0. The molecule has 7 heteroatoms. The van der Waals surface area contributed by atoms with E-state index in [0.717, 1.165) is 37.5 Å². The monoisotopic (exact) mass is 348 g/mol. The standard InChI is InChI=1S/C18H18F2N2O3/c1-25-15-10-16(23)22-6-4-2-3-5-14(22)17(15)18(24)21-13-8-11(19)7-12(20)9-13/h7-10H,2-6H2,1H3,(H,21,24). The van der Waals surface area contributed by atoms with Gasteiger partial charge in [-0.25, -0.2) is 8.78 Å². The second-order valence-electron chi connectivity index (χ2n) is 5.95. The molecular formula is C18H18F2N2O3. The average Bonchev–Trinajstić information content (AvgIpc) is 2.79. The zero-order valence-corrected chi connectivity index (χ0v) is 13.8. The van der Waals surface area contributed by atoms with Gasteiger partial charge in [-0.15, -0.1) is 0 Å². The first-order valence-corrected chi connectivity index (χ1v) is 8.07. The molecule has 1 amide bonds. The Morgan fingerprint density at radius 2 is 1.84 bits per heavy atom. The number of hydrogen-bond acceptors (Lipinski definition) is 3. The molecule has 1 aromatic heterocycles. The summed E-state index contributed by atoms with van der Waals surface area (Å²) in [6.07, 6.45) is 3.23. The van der Waals surface area contributed by atoms with E-state index in [2.05, 4.69) is 5.32 Å². The lowest BCUT2D eigenvalue weighted by Crippen LogP contribution is -2.27. The molecule has 0 spiro atoms. The summed E-state index contributed by atoms with van der Waals surface area (Å²) in [6.45, 7) is 0.535. The predicted molar refractivity (Wildman–Crippen MR) is 89.1 cm³/mol. The van der Waals surface area contributed by atoms with Crippen molar-refractivity contribution in [1.29, 1.82) is 0 Å².